The van der Waals surface area contributed by atoms with E-state index < -0.39 is 5.97 Å². The molecule has 2 rings (SSSR count). The lowest BCUT2D eigenvalue weighted by Gasteiger charge is -2.01. The molecule has 0 aliphatic heterocycles. The Bertz CT molecular complexity index is 640. The van der Waals surface area contributed by atoms with E-state index in [1.165, 1.54) is 11.7 Å². The molecule has 19 heavy (non-hydrogen) atoms. The predicted molar refractivity (Wildman–Crippen MR) is 73.3 cm³/mol. The molecule has 0 bridgehead atoms. The first kappa shape index (κ1) is 13.1. The van der Waals surface area contributed by atoms with Crippen molar-refractivity contribution in [3.05, 3.63) is 48.7 Å². The summed E-state index contributed by atoms with van der Waals surface area (Å²) in [5, 5.41) is 0.723. The third-order valence-corrected chi connectivity index (χ3v) is 2.95. The Morgan fingerprint density at radius 2 is 2.11 bits per heavy atom. The molecule has 1 aromatic carbocycles. The van der Waals surface area contributed by atoms with Gasteiger partial charge in [-0.3, -0.25) is 9.36 Å². The molecule has 0 saturated carbocycles. The summed E-state index contributed by atoms with van der Waals surface area (Å²) in [6.07, 6.45) is 4.22. The molecule has 0 unspecified atom stereocenters. The number of fused-ring (bicyclic) bond motifs is 1. The highest BCUT2D eigenvalue weighted by molar-refractivity contribution is 6.07. The van der Waals surface area contributed by atoms with Gasteiger partial charge in [-0.1, -0.05) is 24.3 Å². The van der Waals surface area contributed by atoms with Crippen LogP contribution in [0.15, 0.2) is 43.1 Å². The van der Waals surface area contributed by atoms with E-state index in [0.717, 1.165) is 10.9 Å². The lowest BCUT2D eigenvalue weighted by molar-refractivity contribution is 0.0603. The number of carbonyl (C=O) groups excluding carboxylic acids is 2. The Balaban J connectivity index is 2.53. The van der Waals surface area contributed by atoms with Gasteiger partial charge < -0.3 is 4.74 Å². The second-order valence-corrected chi connectivity index (χ2v) is 4.14. The van der Waals surface area contributed by atoms with Crippen molar-refractivity contribution >= 4 is 22.8 Å². The van der Waals surface area contributed by atoms with Gasteiger partial charge in [0.05, 0.1) is 18.2 Å². The van der Waals surface area contributed by atoms with Crippen molar-refractivity contribution in [1.29, 1.82) is 0 Å². The maximum Gasteiger partial charge on any atom is 0.340 e. The number of rotatable bonds is 4. The minimum atomic E-state index is -0.438. The van der Waals surface area contributed by atoms with E-state index in [-0.39, 0.29) is 5.91 Å². The van der Waals surface area contributed by atoms with Crippen LogP contribution in [-0.4, -0.2) is 23.6 Å². The molecule has 4 nitrogen and oxygen atoms in total. The molecule has 0 aliphatic rings. The van der Waals surface area contributed by atoms with Crippen LogP contribution in [0.1, 0.15) is 28.0 Å². The van der Waals surface area contributed by atoms with Crippen LogP contribution in [0.3, 0.4) is 0 Å². The smallest absolute Gasteiger partial charge is 0.340 e. The molecule has 0 amide bonds. The van der Waals surface area contributed by atoms with E-state index in [0.29, 0.717) is 18.4 Å². The molecule has 1 heterocycles. The van der Waals surface area contributed by atoms with E-state index in [1.54, 1.807) is 18.3 Å². The highest BCUT2D eigenvalue weighted by atomic mass is 16.5. The minimum Gasteiger partial charge on any atom is -0.465 e. The minimum absolute atomic E-state index is 0.0637. The first-order valence-corrected chi connectivity index (χ1v) is 6.01. The summed E-state index contributed by atoms with van der Waals surface area (Å²) in [4.78, 5) is 23.8. The molecule has 0 radical (unpaired) electrons. The summed E-state index contributed by atoms with van der Waals surface area (Å²) in [5.41, 5.74) is 1.13. The summed E-state index contributed by atoms with van der Waals surface area (Å²) in [7, 11) is 1.33. The number of methoxy groups -OCH3 is 1. The Morgan fingerprint density at radius 1 is 1.37 bits per heavy atom. The van der Waals surface area contributed by atoms with Gasteiger partial charge in [0.2, 0.25) is 5.91 Å². The second-order valence-electron chi connectivity index (χ2n) is 4.14. The quantitative estimate of drug-likeness (QED) is 0.624. The maximum absolute atomic E-state index is 12.1. The van der Waals surface area contributed by atoms with Gasteiger partial charge in [-0.05, 0) is 12.5 Å². The summed E-state index contributed by atoms with van der Waals surface area (Å²) >= 11 is 0. The van der Waals surface area contributed by atoms with Crippen molar-refractivity contribution in [3.63, 3.8) is 0 Å². The molecular formula is C15H15NO3. The van der Waals surface area contributed by atoms with Crippen molar-refractivity contribution in [1.82, 2.24) is 4.57 Å². The van der Waals surface area contributed by atoms with Gasteiger partial charge in [-0.15, -0.1) is 6.58 Å². The van der Waals surface area contributed by atoms with Crippen LogP contribution < -0.4 is 0 Å². The molecule has 0 saturated heterocycles. The number of nitrogens with zero attached hydrogens (tertiary/aromatic N) is 1. The van der Waals surface area contributed by atoms with Gasteiger partial charge in [-0.25, -0.2) is 4.79 Å². The zero-order chi connectivity index (χ0) is 13.8. The highest BCUT2D eigenvalue weighted by Crippen LogP contribution is 2.22. The molecule has 0 N–H and O–H groups in total. The van der Waals surface area contributed by atoms with Crippen LogP contribution in [0.4, 0.5) is 0 Å². The third-order valence-electron chi connectivity index (χ3n) is 2.95. The van der Waals surface area contributed by atoms with Crippen molar-refractivity contribution in [2.45, 2.75) is 12.8 Å². The standard InChI is InChI=1S/C15H15NO3/c1-3-4-9-14(17)16-10-12(15(18)19-2)11-7-5-6-8-13(11)16/h3,5-8,10H,1,4,9H2,2H3. The number of esters is 1. The lowest BCUT2D eigenvalue weighted by Crippen LogP contribution is -2.08. The fraction of sp³-hybridized carbons (Fsp3) is 0.200. The van der Waals surface area contributed by atoms with Gasteiger partial charge in [0, 0.05) is 18.0 Å². The lowest BCUT2D eigenvalue weighted by atomic mass is 10.2. The Kier molecular flexibility index (Phi) is 3.80. The summed E-state index contributed by atoms with van der Waals surface area (Å²) in [5.74, 6) is -0.502. The zero-order valence-electron chi connectivity index (χ0n) is 10.8. The molecule has 4 heteroatoms. The zero-order valence-corrected chi connectivity index (χ0v) is 10.8. The van der Waals surface area contributed by atoms with E-state index in [4.69, 9.17) is 4.74 Å². The maximum atomic E-state index is 12.1. The number of hydrogen-bond donors (Lipinski definition) is 0. The van der Waals surface area contributed by atoms with Gasteiger partial charge >= 0.3 is 5.97 Å². The number of allylic oxidation sites excluding steroid dienone is 1. The van der Waals surface area contributed by atoms with Crippen molar-refractivity contribution in [2.75, 3.05) is 7.11 Å². The van der Waals surface area contributed by atoms with Crippen molar-refractivity contribution < 1.29 is 14.3 Å². The average molecular weight is 257 g/mol. The molecule has 0 atom stereocenters. The van der Waals surface area contributed by atoms with E-state index >= 15 is 0 Å². The highest BCUT2D eigenvalue weighted by Gasteiger charge is 2.17. The number of hydrogen-bond acceptors (Lipinski definition) is 3. The van der Waals surface area contributed by atoms with Crippen LogP contribution in [0.5, 0.6) is 0 Å². The van der Waals surface area contributed by atoms with Crippen LogP contribution >= 0.6 is 0 Å². The first-order chi connectivity index (χ1) is 9.19. The number of benzene rings is 1. The Labute approximate surface area is 111 Å². The van der Waals surface area contributed by atoms with Crippen LogP contribution in [0, 0.1) is 0 Å². The Hall–Kier alpha value is -2.36. The molecule has 2 aromatic rings. The van der Waals surface area contributed by atoms with Gasteiger partial charge in [-0.2, -0.15) is 0 Å². The molecule has 0 aliphatic carbocycles. The number of ether oxygens (including phenoxy) is 1. The topological polar surface area (TPSA) is 48.3 Å². The van der Waals surface area contributed by atoms with E-state index in [1.807, 2.05) is 18.2 Å². The van der Waals surface area contributed by atoms with Crippen LogP contribution in [-0.2, 0) is 4.74 Å². The summed E-state index contributed by atoms with van der Waals surface area (Å²) in [6.45, 7) is 3.60. The Morgan fingerprint density at radius 3 is 2.79 bits per heavy atom. The third kappa shape index (κ3) is 2.42. The predicted octanol–water partition coefficient (Wildman–Crippen LogP) is 3.03. The summed E-state index contributed by atoms with van der Waals surface area (Å²) in [6, 6.07) is 7.28. The van der Waals surface area contributed by atoms with Crippen LogP contribution in [0.2, 0.25) is 0 Å². The van der Waals surface area contributed by atoms with Gasteiger partial charge in [0.15, 0.2) is 0 Å². The normalized spacial score (nSPS) is 10.4. The van der Waals surface area contributed by atoms with Crippen molar-refractivity contribution in [3.8, 4) is 0 Å². The molecular weight excluding hydrogens is 242 g/mol. The monoisotopic (exact) mass is 257 g/mol. The molecule has 98 valence electrons. The molecule has 0 spiro atoms. The van der Waals surface area contributed by atoms with E-state index in [2.05, 4.69) is 6.58 Å². The first-order valence-electron chi connectivity index (χ1n) is 6.01. The van der Waals surface area contributed by atoms with Crippen LogP contribution in [0.25, 0.3) is 10.9 Å². The number of carbonyl (C=O) groups is 2. The van der Waals surface area contributed by atoms with Crippen molar-refractivity contribution in [2.24, 2.45) is 0 Å². The van der Waals surface area contributed by atoms with Gasteiger partial charge in [0.1, 0.15) is 0 Å². The van der Waals surface area contributed by atoms with Gasteiger partial charge in [0.25, 0.3) is 0 Å². The molecule has 1 aromatic heterocycles. The largest absolute Gasteiger partial charge is 0.465 e. The van der Waals surface area contributed by atoms with E-state index in [9.17, 15) is 9.59 Å². The SMILES string of the molecule is C=CCCC(=O)n1cc(C(=O)OC)c2ccccc21. The summed E-state index contributed by atoms with van der Waals surface area (Å²) < 4.78 is 6.24. The second kappa shape index (κ2) is 5.52. The fourth-order valence-corrected chi connectivity index (χ4v) is 2.00. The number of para-hydroxylation sites is 1. The molecule has 0 fully saturated rings. The average Bonchev–Trinajstić information content (AvgIpc) is 2.83. The fourth-order valence-electron chi connectivity index (χ4n) is 2.00. The number of aromatic nitrogens is 1.